The summed E-state index contributed by atoms with van der Waals surface area (Å²) in [6.07, 6.45) is 37.7. The predicted molar refractivity (Wildman–Crippen MR) is 317 cm³/mol. The number of aliphatic hydroxyl groups excluding tert-OH is 1. The molecule has 0 saturated carbocycles. The third kappa shape index (κ3) is 55.3. The molecule has 80 heavy (non-hydrogen) atoms. The molecule has 17 nitrogen and oxygen atoms in total. The van der Waals surface area contributed by atoms with Gasteiger partial charge in [-0.1, -0.05) is 253 Å². The van der Waals surface area contributed by atoms with Crippen molar-refractivity contribution < 1.29 is 80.2 Å². The van der Waals surface area contributed by atoms with Crippen molar-refractivity contribution in [1.29, 1.82) is 0 Å². The summed E-state index contributed by atoms with van der Waals surface area (Å²) in [5.41, 5.74) is 0. The standard InChI is InChI=1S/C61H118O17P2/c1-6-9-12-15-18-20-22-23-24-26-31-37-42-47-61(66)78-57(51-72-59(64)45-40-35-32-27-29-33-38-43-54(4)5)53-76-80(69,70)74-49-55(62)48-73-79(67,68)75-52-56(50-71-58(63)44-39-34-28-17-14-11-8-3)77-60(65)46-41-36-30-25-21-19-16-13-10-7-2/h54-57,62H,6-53H2,1-5H3,(H,67,68)(H,69,70)/t55-,56+,57+/m0/s1. The fourth-order valence-electron chi connectivity index (χ4n) is 9.05. The first-order valence-electron chi connectivity index (χ1n) is 32.1. The van der Waals surface area contributed by atoms with Crippen molar-refractivity contribution in [3.63, 3.8) is 0 Å². The van der Waals surface area contributed by atoms with Crippen LogP contribution in [0, 0.1) is 5.92 Å². The number of rotatable bonds is 61. The number of esters is 4. The van der Waals surface area contributed by atoms with Crippen LogP contribution in [0.25, 0.3) is 0 Å². The minimum atomic E-state index is -4.94. The number of hydrogen-bond donors (Lipinski definition) is 3. The van der Waals surface area contributed by atoms with Crippen molar-refractivity contribution in [2.24, 2.45) is 5.92 Å². The highest BCUT2D eigenvalue weighted by molar-refractivity contribution is 7.47. The Morgan fingerprint density at radius 2 is 0.575 bits per heavy atom. The number of carbonyl (C=O) groups is 4. The lowest BCUT2D eigenvalue weighted by molar-refractivity contribution is -0.161. The summed E-state index contributed by atoms with van der Waals surface area (Å²) in [7, 11) is -9.87. The molecule has 0 fully saturated rings. The van der Waals surface area contributed by atoms with E-state index in [0.717, 1.165) is 109 Å². The van der Waals surface area contributed by atoms with Gasteiger partial charge in [0.2, 0.25) is 0 Å². The van der Waals surface area contributed by atoms with Gasteiger partial charge in [0.15, 0.2) is 12.2 Å². The van der Waals surface area contributed by atoms with Gasteiger partial charge in [-0.3, -0.25) is 37.3 Å². The zero-order chi connectivity index (χ0) is 59.2. The van der Waals surface area contributed by atoms with Gasteiger partial charge in [-0.05, 0) is 31.6 Å². The second-order valence-electron chi connectivity index (χ2n) is 22.6. The first-order valence-corrected chi connectivity index (χ1v) is 35.1. The lowest BCUT2D eigenvalue weighted by Crippen LogP contribution is -2.30. The fraction of sp³-hybridized carbons (Fsp3) is 0.934. The van der Waals surface area contributed by atoms with E-state index in [9.17, 15) is 43.2 Å². The van der Waals surface area contributed by atoms with E-state index in [-0.39, 0.29) is 25.7 Å². The Morgan fingerprint density at radius 1 is 0.338 bits per heavy atom. The Labute approximate surface area is 486 Å². The molecule has 0 aliphatic heterocycles. The SMILES string of the molecule is CCCCCCCCCCCCCCCC(=O)O[C@H](COC(=O)CCCCCCCCCC(C)C)COP(=O)(O)OC[C@@H](O)COP(=O)(O)OC[C@@H](COC(=O)CCCCCCCCC)OC(=O)CCCCCCCCCCCC. The number of aliphatic hydroxyl groups is 1. The van der Waals surface area contributed by atoms with Crippen molar-refractivity contribution in [1.82, 2.24) is 0 Å². The summed E-state index contributed by atoms with van der Waals surface area (Å²) in [6.45, 7) is 7.07. The molecular formula is C61H118O17P2. The Kier molecular flexibility index (Phi) is 53.6. The first-order chi connectivity index (χ1) is 38.5. The number of unbranched alkanes of at least 4 members (excludes halogenated alkanes) is 33. The maximum absolute atomic E-state index is 12.9. The maximum Gasteiger partial charge on any atom is 0.472 e. The molecule has 2 unspecified atom stereocenters. The molecule has 474 valence electrons. The van der Waals surface area contributed by atoms with Crippen molar-refractivity contribution in [3.8, 4) is 0 Å². The van der Waals surface area contributed by atoms with Gasteiger partial charge < -0.3 is 33.8 Å². The van der Waals surface area contributed by atoms with Gasteiger partial charge in [0, 0.05) is 25.7 Å². The fourth-order valence-corrected chi connectivity index (χ4v) is 10.6. The lowest BCUT2D eigenvalue weighted by Gasteiger charge is -2.21. The Bertz CT molecular complexity index is 1570. The molecule has 19 heteroatoms. The van der Waals surface area contributed by atoms with Crippen molar-refractivity contribution >= 4 is 39.5 Å². The van der Waals surface area contributed by atoms with Crippen LogP contribution in [0.3, 0.4) is 0 Å². The van der Waals surface area contributed by atoms with Gasteiger partial charge in [0.05, 0.1) is 26.4 Å². The van der Waals surface area contributed by atoms with E-state index in [1.807, 2.05) is 0 Å². The quantitative estimate of drug-likeness (QED) is 0.0222. The third-order valence-corrected chi connectivity index (χ3v) is 15.9. The second kappa shape index (κ2) is 55.0. The molecule has 0 aromatic carbocycles. The summed E-state index contributed by atoms with van der Waals surface area (Å²) in [4.78, 5) is 71.9. The Hall–Kier alpha value is -1.94. The number of phosphoric ester groups is 2. The minimum Gasteiger partial charge on any atom is -0.462 e. The van der Waals surface area contributed by atoms with Crippen LogP contribution in [0.1, 0.15) is 304 Å². The second-order valence-corrected chi connectivity index (χ2v) is 25.5. The molecule has 0 spiro atoms. The summed E-state index contributed by atoms with van der Waals surface area (Å²) in [5, 5.41) is 10.5. The molecular weight excluding hydrogens is 1070 g/mol. The number of carbonyl (C=O) groups excluding carboxylic acids is 4. The van der Waals surface area contributed by atoms with Gasteiger partial charge in [-0.25, -0.2) is 9.13 Å². The van der Waals surface area contributed by atoms with Crippen molar-refractivity contribution in [2.45, 2.75) is 323 Å². The topological polar surface area (TPSA) is 237 Å². The van der Waals surface area contributed by atoms with E-state index in [4.69, 9.17) is 37.0 Å². The van der Waals surface area contributed by atoms with Crippen molar-refractivity contribution in [3.05, 3.63) is 0 Å². The normalized spacial score (nSPS) is 14.3. The molecule has 0 aliphatic rings. The number of ether oxygens (including phenoxy) is 4. The summed E-state index contributed by atoms with van der Waals surface area (Å²) in [6, 6.07) is 0. The highest BCUT2D eigenvalue weighted by atomic mass is 31.2. The van der Waals surface area contributed by atoms with E-state index in [1.54, 1.807) is 0 Å². The van der Waals surface area contributed by atoms with Gasteiger partial charge >= 0.3 is 39.5 Å². The van der Waals surface area contributed by atoms with Gasteiger partial charge in [-0.15, -0.1) is 0 Å². The average molecular weight is 1190 g/mol. The molecule has 5 atom stereocenters. The van der Waals surface area contributed by atoms with E-state index >= 15 is 0 Å². The van der Waals surface area contributed by atoms with Crippen LogP contribution in [0.5, 0.6) is 0 Å². The Balaban J connectivity index is 5.21. The molecule has 0 bridgehead atoms. The average Bonchev–Trinajstić information content (AvgIpc) is 3.42. The zero-order valence-corrected chi connectivity index (χ0v) is 53.0. The van der Waals surface area contributed by atoms with Crippen LogP contribution in [-0.4, -0.2) is 96.7 Å². The molecule has 0 amide bonds. The van der Waals surface area contributed by atoms with Gasteiger partial charge in [0.25, 0.3) is 0 Å². The van der Waals surface area contributed by atoms with Crippen LogP contribution in [0.15, 0.2) is 0 Å². The van der Waals surface area contributed by atoms with Crippen LogP contribution < -0.4 is 0 Å². The van der Waals surface area contributed by atoms with E-state index in [0.29, 0.717) is 31.6 Å². The lowest BCUT2D eigenvalue weighted by atomic mass is 10.0. The molecule has 0 aromatic heterocycles. The van der Waals surface area contributed by atoms with Gasteiger partial charge in [-0.2, -0.15) is 0 Å². The molecule has 0 heterocycles. The molecule has 3 N–H and O–H groups in total. The van der Waals surface area contributed by atoms with Crippen LogP contribution in [-0.2, 0) is 65.4 Å². The third-order valence-electron chi connectivity index (χ3n) is 14.0. The molecule has 0 aliphatic carbocycles. The summed E-state index contributed by atoms with van der Waals surface area (Å²) >= 11 is 0. The monoisotopic (exact) mass is 1180 g/mol. The minimum absolute atomic E-state index is 0.106. The Morgan fingerprint density at radius 3 is 0.850 bits per heavy atom. The van der Waals surface area contributed by atoms with Crippen LogP contribution in [0.4, 0.5) is 0 Å². The number of phosphoric acid groups is 2. The predicted octanol–water partition coefficient (Wildman–Crippen LogP) is 16.6. The maximum atomic E-state index is 12.9. The van der Waals surface area contributed by atoms with Gasteiger partial charge in [0.1, 0.15) is 19.3 Å². The zero-order valence-electron chi connectivity index (χ0n) is 51.2. The van der Waals surface area contributed by atoms with Crippen molar-refractivity contribution in [2.75, 3.05) is 39.6 Å². The van der Waals surface area contributed by atoms with Crippen LogP contribution in [0.2, 0.25) is 0 Å². The smallest absolute Gasteiger partial charge is 0.462 e. The summed E-state index contributed by atoms with van der Waals surface area (Å²) in [5.74, 6) is -1.44. The molecule has 0 aromatic rings. The molecule has 0 rings (SSSR count). The first kappa shape index (κ1) is 78.1. The number of hydrogen-bond acceptors (Lipinski definition) is 15. The highest BCUT2D eigenvalue weighted by Gasteiger charge is 2.30. The van der Waals surface area contributed by atoms with E-state index < -0.39 is 97.5 Å². The van der Waals surface area contributed by atoms with E-state index in [1.165, 1.54) is 109 Å². The van der Waals surface area contributed by atoms with E-state index in [2.05, 4.69) is 34.6 Å². The highest BCUT2D eigenvalue weighted by Crippen LogP contribution is 2.45. The van der Waals surface area contributed by atoms with Crippen LogP contribution >= 0.6 is 15.6 Å². The largest absolute Gasteiger partial charge is 0.472 e. The molecule has 0 radical (unpaired) electrons. The molecule has 0 saturated heterocycles. The summed E-state index contributed by atoms with van der Waals surface area (Å²) < 4.78 is 67.8.